The third-order valence-electron chi connectivity index (χ3n) is 3.68. The van der Waals surface area contributed by atoms with Crippen molar-refractivity contribution in [2.45, 2.75) is 32.5 Å². The lowest BCUT2D eigenvalue weighted by Crippen LogP contribution is -2.37. The second-order valence-corrected chi connectivity index (χ2v) is 5.73. The number of nitrogens with one attached hydrogen (secondary N) is 1. The molecule has 1 aromatic heterocycles. The summed E-state index contributed by atoms with van der Waals surface area (Å²) in [6.07, 6.45) is -4.52. The fourth-order valence-corrected chi connectivity index (χ4v) is 2.71. The number of hydrogen-bond donors (Lipinski definition) is 1. The lowest BCUT2D eigenvalue weighted by Gasteiger charge is -2.35. The fourth-order valence-electron chi connectivity index (χ4n) is 2.71. The Morgan fingerprint density at radius 3 is 2.50 bits per heavy atom. The molecule has 0 amide bonds. The van der Waals surface area contributed by atoms with Gasteiger partial charge in [-0.15, -0.1) is 10.2 Å². The minimum atomic E-state index is -4.52. The number of halogens is 3. The van der Waals surface area contributed by atoms with Gasteiger partial charge in [0.25, 0.3) is 0 Å². The quantitative estimate of drug-likeness (QED) is 0.878. The highest BCUT2D eigenvalue weighted by molar-refractivity contribution is 5.72. The minimum absolute atomic E-state index is 0.00475. The molecule has 0 saturated carbocycles. The van der Waals surface area contributed by atoms with Gasteiger partial charge in [-0.05, 0) is 26.8 Å². The predicted molar refractivity (Wildman–Crippen MR) is 74.3 cm³/mol. The van der Waals surface area contributed by atoms with Crippen molar-refractivity contribution in [2.24, 2.45) is 0 Å². The molecule has 1 aromatic carbocycles. The van der Waals surface area contributed by atoms with E-state index in [1.54, 1.807) is 13.0 Å². The maximum atomic E-state index is 13.5. The largest absolute Gasteiger partial charge is 0.497 e. The van der Waals surface area contributed by atoms with E-state index in [0.29, 0.717) is 17.3 Å². The molecule has 2 aromatic rings. The smallest absolute Gasteiger partial charge is 0.418 e. The van der Waals surface area contributed by atoms with Crippen molar-refractivity contribution in [1.29, 1.82) is 0 Å². The lowest BCUT2D eigenvalue weighted by atomic mass is 9.97. The maximum absolute atomic E-state index is 13.5. The third-order valence-corrected chi connectivity index (χ3v) is 3.68. The molecule has 1 aliphatic rings. The van der Waals surface area contributed by atoms with Gasteiger partial charge in [-0.2, -0.15) is 13.2 Å². The van der Waals surface area contributed by atoms with Gasteiger partial charge in [-0.3, -0.25) is 4.57 Å². The number of benzene rings is 1. The Kier molecular flexibility index (Phi) is 2.92. The summed E-state index contributed by atoms with van der Waals surface area (Å²) < 4.78 is 46.9. The summed E-state index contributed by atoms with van der Waals surface area (Å²) >= 11 is 0. The van der Waals surface area contributed by atoms with Gasteiger partial charge in [-0.25, -0.2) is 0 Å². The zero-order valence-electron chi connectivity index (χ0n) is 12.5. The third kappa shape index (κ3) is 2.01. The van der Waals surface area contributed by atoms with Gasteiger partial charge in [0.1, 0.15) is 11.6 Å². The van der Waals surface area contributed by atoms with E-state index in [0.717, 1.165) is 6.07 Å². The van der Waals surface area contributed by atoms with E-state index >= 15 is 0 Å². The van der Waals surface area contributed by atoms with Crippen LogP contribution in [0.15, 0.2) is 12.1 Å². The Hall–Kier alpha value is -2.25. The molecule has 1 aliphatic heterocycles. The van der Waals surface area contributed by atoms with Crippen LogP contribution in [0.5, 0.6) is 5.75 Å². The van der Waals surface area contributed by atoms with Gasteiger partial charge in [0.15, 0.2) is 5.82 Å². The van der Waals surface area contributed by atoms with Crippen LogP contribution in [-0.4, -0.2) is 21.9 Å². The second kappa shape index (κ2) is 4.37. The lowest BCUT2D eigenvalue weighted by molar-refractivity contribution is -0.137. The first-order valence-electron chi connectivity index (χ1n) is 6.65. The van der Waals surface area contributed by atoms with Crippen LogP contribution in [0.1, 0.15) is 31.1 Å². The Morgan fingerprint density at radius 1 is 1.23 bits per heavy atom. The molecule has 0 fully saturated rings. The van der Waals surface area contributed by atoms with Crippen molar-refractivity contribution < 1.29 is 17.9 Å². The number of rotatable bonds is 1. The zero-order valence-corrected chi connectivity index (χ0v) is 12.5. The summed E-state index contributed by atoms with van der Waals surface area (Å²) in [4.78, 5) is 0. The molecule has 3 rings (SSSR count). The van der Waals surface area contributed by atoms with Crippen molar-refractivity contribution in [3.8, 4) is 11.4 Å². The monoisotopic (exact) mass is 312 g/mol. The van der Waals surface area contributed by atoms with E-state index in [-0.39, 0.29) is 11.4 Å². The number of nitrogens with zero attached hydrogens (tertiary/aromatic N) is 3. The van der Waals surface area contributed by atoms with Crippen molar-refractivity contribution in [2.75, 3.05) is 12.4 Å². The summed E-state index contributed by atoms with van der Waals surface area (Å²) in [5.41, 5.74) is -1.09. The van der Waals surface area contributed by atoms with Crippen molar-refractivity contribution in [3.63, 3.8) is 0 Å². The summed E-state index contributed by atoms with van der Waals surface area (Å²) in [6, 6.07) is 2.54. The standard InChI is InChI=1S/C14H15F3N4O/c1-7-19-20-12-13(2,3)18-10-6-8(22-4)5-9(14(15,16)17)11(10)21(7)12/h5-6,18H,1-4H3. The highest BCUT2D eigenvalue weighted by Crippen LogP contribution is 2.45. The van der Waals surface area contributed by atoms with E-state index in [2.05, 4.69) is 15.5 Å². The number of methoxy groups -OCH3 is 1. The first-order valence-corrected chi connectivity index (χ1v) is 6.65. The number of fused-ring (bicyclic) bond motifs is 3. The van der Waals surface area contributed by atoms with Gasteiger partial charge in [0.05, 0.1) is 29.6 Å². The number of ether oxygens (including phenoxy) is 1. The van der Waals surface area contributed by atoms with Crippen LogP contribution in [0.3, 0.4) is 0 Å². The molecule has 1 N–H and O–H groups in total. The summed E-state index contributed by atoms with van der Waals surface area (Å²) in [7, 11) is 1.34. The highest BCUT2D eigenvalue weighted by atomic mass is 19.4. The molecule has 0 unspecified atom stereocenters. The first kappa shape index (κ1) is 14.7. The predicted octanol–water partition coefficient (Wildman–Crippen LogP) is 3.26. The van der Waals surface area contributed by atoms with Crippen LogP contribution in [0, 0.1) is 6.92 Å². The van der Waals surface area contributed by atoms with Crippen molar-refractivity contribution >= 4 is 5.69 Å². The molecule has 0 bridgehead atoms. The Labute approximate surface area is 125 Å². The molecule has 5 nitrogen and oxygen atoms in total. The topological polar surface area (TPSA) is 52.0 Å². The summed E-state index contributed by atoms with van der Waals surface area (Å²) in [5.74, 6) is 0.984. The fraction of sp³-hybridized carbons (Fsp3) is 0.429. The molecule has 22 heavy (non-hydrogen) atoms. The number of alkyl halides is 3. The van der Waals surface area contributed by atoms with Crippen LogP contribution in [0.4, 0.5) is 18.9 Å². The number of hydrogen-bond acceptors (Lipinski definition) is 4. The molecule has 118 valence electrons. The Bertz CT molecular complexity index is 749. The molecule has 8 heteroatoms. The molecule has 0 radical (unpaired) electrons. The van der Waals surface area contributed by atoms with Crippen LogP contribution in [0.25, 0.3) is 5.69 Å². The van der Waals surface area contributed by atoms with Gasteiger partial charge >= 0.3 is 6.18 Å². The number of anilines is 1. The SMILES string of the molecule is COc1cc2c(c(C(F)(F)F)c1)-n1c(C)nnc1C(C)(C)N2. The highest BCUT2D eigenvalue weighted by Gasteiger charge is 2.42. The van der Waals surface area contributed by atoms with E-state index < -0.39 is 17.3 Å². The molecule has 2 heterocycles. The van der Waals surface area contributed by atoms with E-state index in [1.807, 2.05) is 13.8 Å². The molecule has 0 spiro atoms. The van der Waals surface area contributed by atoms with Gasteiger partial charge in [0.2, 0.25) is 0 Å². The Morgan fingerprint density at radius 2 is 1.91 bits per heavy atom. The zero-order chi connectivity index (χ0) is 16.3. The molecular formula is C14H15F3N4O. The van der Waals surface area contributed by atoms with E-state index in [9.17, 15) is 13.2 Å². The van der Waals surface area contributed by atoms with E-state index in [1.165, 1.54) is 11.7 Å². The first-order chi connectivity index (χ1) is 10.1. The molecule has 0 saturated heterocycles. The average molecular weight is 312 g/mol. The second-order valence-electron chi connectivity index (χ2n) is 5.73. The number of aromatic nitrogens is 3. The summed E-state index contributed by atoms with van der Waals surface area (Å²) in [5, 5.41) is 11.0. The minimum Gasteiger partial charge on any atom is -0.497 e. The van der Waals surface area contributed by atoms with Crippen LogP contribution in [-0.2, 0) is 11.7 Å². The van der Waals surface area contributed by atoms with Crippen LogP contribution in [0.2, 0.25) is 0 Å². The van der Waals surface area contributed by atoms with E-state index in [4.69, 9.17) is 4.74 Å². The normalized spacial score (nSPS) is 15.8. The maximum Gasteiger partial charge on any atom is 0.418 e. The molecular weight excluding hydrogens is 297 g/mol. The Balaban J connectivity index is 2.40. The summed E-state index contributed by atoms with van der Waals surface area (Å²) in [6.45, 7) is 5.30. The van der Waals surface area contributed by atoms with Gasteiger partial charge in [0, 0.05) is 6.07 Å². The van der Waals surface area contributed by atoms with Crippen molar-refractivity contribution in [1.82, 2.24) is 14.8 Å². The molecule has 0 atom stereocenters. The average Bonchev–Trinajstić information content (AvgIpc) is 2.79. The van der Waals surface area contributed by atoms with Crippen molar-refractivity contribution in [3.05, 3.63) is 29.3 Å². The number of aryl methyl sites for hydroxylation is 1. The van der Waals surface area contributed by atoms with Crippen LogP contribution >= 0.6 is 0 Å². The van der Waals surface area contributed by atoms with Crippen LogP contribution < -0.4 is 10.1 Å². The van der Waals surface area contributed by atoms with Gasteiger partial charge in [-0.1, -0.05) is 0 Å². The molecule has 0 aliphatic carbocycles. The van der Waals surface area contributed by atoms with Gasteiger partial charge < -0.3 is 10.1 Å².